The number of rotatable bonds is 8. The minimum atomic E-state index is -0.306. The van der Waals surface area contributed by atoms with E-state index in [1.807, 2.05) is 4.90 Å². The molecule has 2 rings (SSSR count). The van der Waals surface area contributed by atoms with Crippen LogP contribution in [0.15, 0.2) is 0 Å². The second kappa shape index (κ2) is 7.25. The summed E-state index contributed by atoms with van der Waals surface area (Å²) in [6, 6.07) is -0.583. The third kappa shape index (κ3) is 3.76. The van der Waals surface area contributed by atoms with E-state index < -0.39 is 0 Å². The molecule has 1 N–H and O–H groups in total. The van der Waals surface area contributed by atoms with Crippen molar-refractivity contribution in [1.29, 1.82) is 0 Å². The van der Waals surface area contributed by atoms with Crippen LogP contribution < -0.4 is 5.32 Å². The lowest BCUT2D eigenvalue weighted by Crippen LogP contribution is -2.65. The van der Waals surface area contributed by atoms with Gasteiger partial charge in [-0.25, -0.2) is 0 Å². The summed E-state index contributed by atoms with van der Waals surface area (Å²) >= 11 is 0. The molecule has 1 aliphatic carbocycles. The van der Waals surface area contributed by atoms with Crippen LogP contribution in [0.1, 0.15) is 46.0 Å². The highest BCUT2D eigenvalue weighted by atomic mass is 16.5. The highest BCUT2D eigenvalue weighted by molar-refractivity contribution is 5.97. The van der Waals surface area contributed by atoms with Crippen LogP contribution in [-0.4, -0.2) is 49.1 Å². The average molecular weight is 296 g/mol. The number of carbonyl (C=O) groups excluding carboxylic acids is 2. The molecule has 1 heterocycles. The Morgan fingerprint density at radius 3 is 2.62 bits per heavy atom. The molecule has 3 unspecified atom stereocenters. The predicted octanol–water partition coefficient (Wildman–Crippen LogP) is 1.56. The van der Waals surface area contributed by atoms with E-state index >= 15 is 0 Å². The van der Waals surface area contributed by atoms with E-state index in [-0.39, 0.29) is 29.8 Å². The first-order valence-electron chi connectivity index (χ1n) is 8.20. The van der Waals surface area contributed by atoms with E-state index in [2.05, 4.69) is 19.2 Å². The standard InChI is InChI=1S/C16H28N2O3/c1-4-11(2)14-15(19)17-13(12-7-8-12)16(20)18(14)9-5-6-10-21-3/h11-14H,4-10H2,1-3H3,(H,17,19). The second-order valence-electron chi connectivity index (χ2n) is 6.39. The molecule has 0 aromatic heterocycles. The quantitative estimate of drug-likeness (QED) is 0.692. The number of unbranched alkanes of at least 4 members (excludes halogenated alkanes) is 1. The van der Waals surface area contributed by atoms with Crippen molar-refractivity contribution in [2.75, 3.05) is 20.3 Å². The molecule has 2 fully saturated rings. The Balaban J connectivity index is 2.06. The fraction of sp³-hybridized carbons (Fsp3) is 0.875. The molecule has 0 bridgehead atoms. The largest absolute Gasteiger partial charge is 0.385 e. The van der Waals surface area contributed by atoms with Crippen molar-refractivity contribution < 1.29 is 14.3 Å². The van der Waals surface area contributed by atoms with Crippen LogP contribution >= 0.6 is 0 Å². The van der Waals surface area contributed by atoms with Gasteiger partial charge < -0.3 is 15.0 Å². The Hall–Kier alpha value is -1.10. The number of nitrogens with zero attached hydrogens (tertiary/aromatic N) is 1. The van der Waals surface area contributed by atoms with E-state index in [4.69, 9.17) is 4.74 Å². The Labute approximate surface area is 127 Å². The smallest absolute Gasteiger partial charge is 0.246 e. The summed E-state index contributed by atoms with van der Waals surface area (Å²) in [5, 5.41) is 2.97. The third-order valence-corrected chi connectivity index (χ3v) is 4.73. The average Bonchev–Trinajstić information content (AvgIpc) is 3.30. The zero-order valence-corrected chi connectivity index (χ0v) is 13.4. The van der Waals surface area contributed by atoms with Gasteiger partial charge in [-0.3, -0.25) is 9.59 Å². The van der Waals surface area contributed by atoms with Gasteiger partial charge in [0.25, 0.3) is 0 Å². The van der Waals surface area contributed by atoms with Crippen molar-refractivity contribution in [1.82, 2.24) is 10.2 Å². The van der Waals surface area contributed by atoms with Gasteiger partial charge in [0.2, 0.25) is 11.8 Å². The summed E-state index contributed by atoms with van der Waals surface area (Å²) in [5.74, 6) is 0.713. The highest BCUT2D eigenvalue weighted by Gasteiger charge is 2.47. The van der Waals surface area contributed by atoms with Crippen molar-refractivity contribution >= 4 is 11.8 Å². The molecule has 0 spiro atoms. The van der Waals surface area contributed by atoms with Gasteiger partial charge in [0.1, 0.15) is 12.1 Å². The number of ether oxygens (including phenoxy) is 1. The molecular weight excluding hydrogens is 268 g/mol. The first kappa shape index (κ1) is 16.3. The number of hydrogen-bond donors (Lipinski definition) is 1. The maximum Gasteiger partial charge on any atom is 0.246 e. The minimum absolute atomic E-state index is 0.0348. The van der Waals surface area contributed by atoms with Gasteiger partial charge >= 0.3 is 0 Å². The first-order valence-corrected chi connectivity index (χ1v) is 8.20. The SMILES string of the molecule is CCC(C)C1C(=O)NC(C2CC2)C(=O)N1CCCCOC. The van der Waals surface area contributed by atoms with Gasteiger partial charge in [-0.2, -0.15) is 0 Å². The molecule has 5 nitrogen and oxygen atoms in total. The van der Waals surface area contributed by atoms with Gasteiger partial charge in [0, 0.05) is 20.3 Å². The molecular formula is C16H28N2O3. The Morgan fingerprint density at radius 2 is 2.05 bits per heavy atom. The Bertz CT molecular complexity index is 382. The molecule has 21 heavy (non-hydrogen) atoms. The minimum Gasteiger partial charge on any atom is -0.385 e. The summed E-state index contributed by atoms with van der Waals surface area (Å²) in [5.41, 5.74) is 0. The Morgan fingerprint density at radius 1 is 1.33 bits per heavy atom. The summed E-state index contributed by atoms with van der Waals surface area (Å²) in [6.07, 6.45) is 4.82. The maximum absolute atomic E-state index is 12.7. The van der Waals surface area contributed by atoms with Crippen LogP contribution in [0, 0.1) is 11.8 Å². The molecule has 120 valence electrons. The molecule has 0 aromatic carbocycles. The van der Waals surface area contributed by atoms with Crippen molar-refractivity contribution in [3.05, 3.63) is 0 Å². The van der Waals surface area contributed by atoms with Crippen LogP contribution in [0.25, 0.3) is 0 Å². The van der Waals surface area contributed by atoms with Gasteiger partial charge in [0.15, 0.2) is 0 Å². The number of amides is 2. The van der Waals surface area contributed by atoms with Crippen molar-refractivity contribution in [3.8, 4) is 0 Å². The molecule has 1 saturated carbocycles. The summed E-state index contributed by atoms with van der Waals surface area (Å²) < 4.78 is 5.06. The van der Waals surface area contributed by atoms with Crippen LogP contribution in [0.2, 0.25) is 0 Å². The van der Waals surface area contributed by atoms with Crippen LogP contribution in [-0.2, 0) is 14.3 Å². The van der Waals surface area contributed by atoms with Crippen LogP contribution in [0.4, 0.5) is 0 Å². The van der Waals surface area contributed by atoms with E-state index in [1.54, 1.807) is 7.11 Å². The summed E-state index contributed by atoms with van der Waals surface area (Å²) in [4.78, 5) is 27.0. The molecule has 2 amide bonds. The zero-order chi connectivity index (χ0) is 15.4. The molecule has 0 aromatic rings. The third-order valence-electron chi connectivity index (χ3n) is 4.73. The molecule has 0 radical (unpaired) electrons. The molecule has 1 aliphatic heterocycles. The fourth-order valence-corrected chi connectivity index (χ4v) is 3.07. The van der Waals surface area contributed by atoms with Crippen molar-refractivity contribution in [2.45, 2.75) is 58.0 Å². The maximum atomic E-state index is 12.7. The van der Waals surface area contributed by atoms with E-state index in [9.17, 15) is 9.59 Å². The number of hydrogen-bond acceptors (Lipinski definition) is 3. The first-order chi connectivity index (χ1) is 10.1. The van der Waals surface area contributed by atoms with Crippen molar-refractivity contribution in [3.63, 3.8) is 0 Å². The lowest BCUT2D eigenvalue weighted by molar-refractivity contribution is -0.152. The van der Waals surface area contributed by atoms with Crippen LogP contribution in [0.5, 0.6) is 0 Å². The molecule has 2 aliphatic rings. The lowest BCUT2D eigenvalue weighted by Gasteiger charge is -2.41. The van der Waals surface area contributed by atoms with Gasteiger partial charge in [-0.1, -0.05) is 20.3 Å². The summed E-state index contributed by atoms with van der Waals surface area (Å²) in [7, 11) is 1.69. The zero-order valence-electron chi connectivity index (χ0n) is 13.4. The van der Waals surface area contributed by atoms with Gasteiger partial charge in [-0.05, 0) is 37.5 Å². The number of piperazine rings is 1. The van der Waals surface area contributed by atoms with Gasteiger partial charge in [-0.15, -0.1) is 0 Å². The lowest BCUT2D eigenvalue weighted by atomic mass is 9.92. The number of carbonyl (C=O) groups is 2. The molecule has 3 atom stereocenters. The Kier molecular flexibility index (Phi) is 5.62. The fourth-order valence-electron chi connectivity index (χ4n) is 3.07. The summed E-state index contributed by atoms with van der Waals surface area (Å²) in [6.45, 7) is 5.48. The van der Waals surface area contributed by atoms with Crippen molar-refractivity contribution in [2.24, 2.45) is 11.8 Å². The number of nitrogens with one attached hydrogen (secondary N) is 1. The monoisotopic (exact) mass is 296 g/mol. The molecule has 5 heteroatoms. The topological polar surface area (TPSA) is 58.6 Å². The van der Waals surface area contributed by atoms with Crippen LogP contribution in [0.3, 0.4) is 0 Å². The van der Waals surface area contributed by atoms with Gasteiger partial charge in [0.05, 0.1) is 0 Å². The van der Waals surface area contributed by atoms with E-state index in [0.717, 1.165) is 32.1 Å². The number of methoxy groups -OCH3 is 1. The predicted molar refractivity (Wildman–Crippen MR) is 80.7 cm³/mol. The normalized spacial score (nSPS) is 27.7. The second-order valence-corrected chi connectivity index (χ2v) is 6.39. The van der Waals surface area contributed by atoms with E-state index in [0.29, 0.717) is 19.1 Å². The highest BCUT2D eigenvalue weighted by Crippen LogP contribution is 2.36. The molecule has 1 saturated heterocycles. The van der Waals surface area contributed by atoms with E-state index in [1.165, 1.54) is 0 Å².